The van der Waals surface area contributed by atoms with Crippen LogP contribution in [-0.2, 0) is 11.0 Å². The van der Waals surface area contributed by atoms with Crippen molar-refractivity contribution in [2.24, 2.45) is 0 Å². The second-order valence-corrected chi connectivity index (χ2v) is 8.23. The molecule has 2 aliphatic rings. The number of carbonyl (C=O) groups excluding carboxylic acids is 1. The Balaban J connectivity index is 1.47. The normalized spacial score (nSPS) is 19.5. The molecule has 1 N–H and O–H groups in total. The first-order chi connectivity index (χ1) is 12.8. The number of thiocarbonyl (C=S) groups is 1. The Bertz CT molecular complexity index is 693. The molecule has 148 valence electrons. The molecule has 2 fully saturated rings. The molecule has 2 saturated heterocycles. The molecule has 5 nitrogen and oxygen atoms in total. The van der Waals surface area contributed by atoms with E-state index in [1.54, 1.807) is 11.8 Å². The van der Waals surface area contributed by atoms with Crippen molar-refractivity contribution in [3.63, 3.8) is 0 Å². The molecule has 1 amide bonds. The van der Waals surface area contributed by atoms with Crippen LogP contribution in [-0.4, -0.2) is 76.6 Å². The first kappa shape index (κ1) is 20.4. The van der Waals surface area contributed by atoms with E-state index in [1.165, 1.54) is 18.2 Å². The quantitative estimate of drug-likeness (QED) is 0.741. The molecule has 0 unspecified atom stereocenters. The molecule has 0 aromatic heterocycles. The zero-order valence-electron chi connectivity index (χ0n) is 14.7. The maximum Gasteiger partial charge on any atom is 0.418 e. The lowest BCUT2D eigenvalue weighted by atomic mass is 10.1. The van der Waals surface area contributed by atoms with Gasteiger partial charge in [-0.3, -0.25) is 14.6 Å². The van der Waals surface area contributed by atoms with Crippen LogP contribution in [0.5, 0.6) is 0 Å². The maximum atomic E-state index is 13.0. The second kappa shape index (κ2) is 8.76. The van der Waals surface area contributed by atoms with Gasteiger partial charge in [0, 0.05) is 38.5 Å². The number of thioether (sulfide) groups is 1. The summed E-state index contributed by atoms with van der Waals surface area (Å²) >= 11 is 7.00. The summed E-state index contributed by atoms with van der Waals surface area (Å²) in [6.45, 7) is 4.84. The summed E-state index contributed by atoms with van der Waals surface area (Å²) in [5, 5.41) is 2.40. The van der Waals surface area contributed by atoms with E-state index in [-0.39, 0.29) is 12.2 Å². The highest BCUT2D eigenvalue weighted by molar-refractivity contribution is 8.23. The number of halogens is 3. The van der Waals surface area contributed by atoms with Crippen LogP contribution in [0.3, 0.4) is 0 Å². The predicted molar refractivity (Wildman–Crippen MR) is 105 cm³/mol. The average Bonchev–Trinajstić information content (AvgIpc) is 3.01. The fourth-order valence-corrected chi connectivity index (χ4v) is 4.33. The largest absolute Gasteiger partial charge is 0.418 e. The van der Waals surface area contributed by atoms with Gasteiger partial charge < -0.3 is 10.2 Å². The Morgan fingerprint density at radius 2 is 1.78 bits per heavy atom. The molecule has 1 aromatic rings. The van der Waals surface area contributed by atoms with Crippen molar-refractivity contribution < 1.29 is 18.0 Å². The highest BCUT2D eigenvalue weighted by atomic mass is 32.2. The molecular weight excluding hydrogens is 397 g/mol. The molecule has 0 aliphatic carbocycles. The summed E-state index contributed by atoms with van der Waals surface area (Å²) in [5.41, 5.74) is -1.03. The minimum atomic E-state index is -4.50. The Hall–Kier alpha value is -1.36. The van der Waals surface area contributed by atoms with Gasteiger partial charge in [0.05, 0.1) is 24.5 Å². The fourth-order valence-electron chi connectivity index (χ4n) is 3.12. The maximum absolute atomic E-state index is 13.0. The summed E-state index contributed by atoms with van der Waals surface area (Å²) in [4.78, 5) is 18.6. The van der Waals surface area contributed by atoms with Crippen LogP contribution >= 0.6 is 24.0 Å². The molecule has 3 rings (SSSR count). The number of carbonyl (C=O) groups is 1. The number of hydrogen-bond acceptors (Lipinski definition) is 5. The number of rotatable bonds is 5. The van der Waals surface area contributed by atoms with E-state index in [4.69, 9.17) is 12.2 Å². The van der Waals surface area contributed by atoms with Gasteiger partial charge in [0.2, 0.25) is 5.91 Å². The number of nitrogens with zero attached hydrogens (tertiary/aromatic N) is 3. The SMILES string of the molecule is O=C(CN1CCN(CN2CCSC2=S)CC1)Nc1ccccc1C(F)(F)F. The van der Waals surface area contributed by atoms with Gasteiger partial charge in [0.1, 0.15) is 4.32 Å². The molecule has 2 heterocycles. The molecule has 0 spiro atoms. The van der Waals surface area contributed by atoms with Gasteiger partial charge in [0.15, 0.2) is 0 Å². The number of alkyl halides is 3. The van der Waals surface area contributed by atoms with Crippen LogP contribution in [0.15, 0.2) is 24.3 Å². The molecule has 2 aliphatic heterocycles. The number of benzene rings is 1. The summed E-state index contributed by atoms with van der Waals surface area (Å²) in [6.07, 6.45) is -4.50. The zero-order chi connectivity index (χ0) is 19.4. The van der Waals surface area contributed by atoms with Gasteiger partial charge in [-0.05, 0) is 12.1 Å². The van der Waals surface area contributed by atoms with E-state index < -0.39 is 17.6 Å². The van der Waals surface area contributed by atoms with Gasteiger partial charge in [-0.25, -0.2) is 0 Å². The van der Waals surface area contributed by atoms with Crippen molar-refractivity contribution >= 4 is 39.9 Å². The van der Waals surface area contributed by atoms with Crippen molar-refractivity contribution in [3.05, 3.63) is 29.8 Å². The van der Waals surface area contributed by atoms with Crippen LogP contribution in [0.25, 0.3) is 0 Å². The Kier molecular flexibility index (Phi) is 6.61. The number of nitrogens with one attached hydrogen (secondary N) is 1. The lowest BCUT2D eigenvalue weighted by Crippen LogP contribution is -2.51. The van der Waals surface area contributed by atoms with Crippen LogP contribution in [0.2, 0.25) is 0 Å². The minimum absolute atomic E-state index is 0.0814. The van der Waals surface area contributed by atoms with E-state index >= 15 is 0 Å². The summed E-state index contributed by atoms with van der Waals surface area (Å²) < 4.78 is 40.0. The molecule has 10 heteroatoms. The van der Waals surface area contributed by atoms with Crippen LogP contribution in [0, 0.1) is 0 Å². The number of amides is 1. The lowest BCUT2D eigenvalue weighted by molar-refractivity contribution is -0.137. The van der Waals surface area contributed by atoms with Gasteiger partial charge >= 0.3 is 6.18 Å². The first-order valence-electron chi connectivity index (χ1n) is 8.65. The number of hydrogen-bond donors (Lipinski definition) is 1. The molecule has 1 aromatic carbocycles. The topological polar surface area (TPSA) is 38.8 Å². The molecular formula is C17H21F3N4OS2. The molecule has 0 bridgehead atoms. The monoisotopic (exact) mass is 418 g/mol. The predicted octanol–water partition coefficient (Wildman–Crippen LogP) is 2.55. The Morgan fingerprint density at radius 3 is 2.41 bits per heavy atom. The molecule has 0 atom stereocenters. The second-order valence-electron chi connectivity index (χ2n) is 6.50. The van der Waals surface area contributed by atoms with Gasteiger partial charge in [-0.2, -0.15) is 13.2 Å². The van der Waals surface area contributed by atoms with Crippen molar-refractivity contribution in [1.29, 1.82) is 0 Å². The van der Waals surface area contributed by atoms with E-state index in [2.05, 4.69) is 15.1 Å². The minimum Gasteiger partial charge on any atom is -0.344 e. The average molecular weight is 419 g/mol. The zero-order valence-corrected chi connectivity index (χ0v) is 16.3. The van der Waals surface area contributed by atoms with Crippen molar-refractivity contribution in [1.82, 2.24) is 14.7 Å². The Morgan fingerprint density at radius 1 is 1.11 bits per heavy atom. The summed E-state index contributed by atoms with van der Waals surface area (Å²) in [5.74, 6) is 0.593. The highest BCUT2D eigenvalue weighted by Gasteiger charge is 2.33. The smallest absolute Gasteiger partial charge is 0.344 e. The molecule has 0 saturated carbocycles. The molecule has 27 heavy (non-hydrogen) atoms. The van der Waals surface area contributed by atoms with Crippen molar-refractivity contribution in [3.8, 4) is 0 Å². The third-order valence-electron chi connectivity index (χ3n) is 4.55. The van der Waals surface area contributed by atoms with Crippen LogP contribution in [0.1, 0.15) is 5.56 Å². The number of para-hydroxylation sites is 1. The van der Waals surface area contributed by atoms with Gasteiger partial charge in [0.25, 0.3) is 0 Å². The van der Waals surface area contributed by atoms with E-state index in [0.29, 0.717) is 13.1 Å². The first-order valence-corrected chi connectivity index (χ1v) is 10.0. The Labute approximate surface area is 165 Å². The number of piperazine rings is 1. The van der Waals surface area contributed by atoms with Crippen LogP contribution < -0.4 is 5.32 Å². The van der Waals surface area contributed by atoms with E-state index in [1.807, 2.05) is 4.90 Å². The van der Waals surface area contributed by atoms with Crippen LogP contribution in [0.4, 0.5) is 18.9 Å². The lowest BCUT2D eigenvalue weighted by Gasteiger charge is -2.36. The van der Waals surface area contributed by atoms with Gasteiger partial charge in [-0.15, -0.1) is 0 Å². The van der Waals surface area contributed by atoms with Gasteiger partial charge in [-0.1, -0.05) is 36.1 Å². The van der Waals surface area contributed by atoms with E-state index in [0.717, 1.165) is 42.4 Å². The summed E-state index contributed by atoms with van der Waals surface area (Å²) in [7, 11) is 0. The third kappa shape index (κ3) is 5.56. The molecule has 0 radical (unpaired) electrons. The standard InChI is InChI=1S/C17H21F3N4OS2/c18-17(19,20)13-3-1-2-4-14(13)21-15(25)11-22-5-7-23(8-6-22)12-24-9-10-27-16(24)26/h1-4H,5-12H2,(H,21,25). The fraction of sp³-hybridized carbons (Fsp3) is 0.529. The van der Waals surface area contributed by atoms with E-state index in [9.17, 15) is 18.0 Å². The summed E-state index contributed by atoms with van der Waals surface area (Å²) in [6, 6.07) is 5.03. The van der Waals surface area contributed by atoms with Crippen molar-refractivity contribution in [2.45, 2.75) is 6.18 Å². The van der Waals surface area contributed by atoms with Crippen molar-refractivity contribution in [2.75, 3.05) is 57.0 Å². The number of anilines is 1. The highest BCUT2D eigenvalue weighted by Crippen LogP contribution is 2.34. The third-order valence-corrected chi connectivity index (χ3v) is 6.06.